The van der Waals surface area contributed by atoms with E-state index >= 15 is 0 Å². The number of rotatable bonds is 4. The van der Waals surface area contributed by atoms with Gasteiger partial charge in [0.15, 0.2) is 0 Å². The average Bonchev–Trinajstić information content (AvgIpc) is 2.27. The van der Waals surface area contributed by atoms with Crippen LogP contribution < -0.4 is 0 Å². The first kappa shape index (κ1) is 11.4. The van der Waals surface area contributed by atoms with Gasteiger partial charge in [-0.3, -0.25) is 0 Å². The Morgan fingerprint density at radius 3 is 2.67 bits per heavy atom. The van der Waals surface area contributed by atoms with Gasteiger partial charge in [-0.1, -0.05) is 36.4 Å². The fourth-order valence-electron chi connectivity index (χ4n) is 1.13. The molecule has 0 aliphatic carbocycles. The number of esters is 1. The summed E-state index contributed by atoms with van der Waals surface area (Å²) in [6.45, 7) is 0.538. The Bertz CT molecular complexity index is 344. The largest absolute Gasteiger partial charge is 0.430 e. The molecule has 0 heterocycles. The van der Waals surface area contributed by atoms with Crippen LogP contribution in [-0.2, 0) is 16.0 Å². The lowest BCUT2D eigenvalue weighted by Gasteiger charge is -2.00. The number of hydrogen-bond donors (Lipinski definition) is 0. The Balaban J connectivity index is 2.54. The number of benzene rings is 1. The Morgan fingerprint density at radius 2 is 2.07 bits per heavy atom. The number of carbonyl (C=O) groups excluding carboxylic acids is 1. The molecule has 0 unspecified atom stereocenters. The third-order valence-electron chi connectivity index (χ3n) is 1.99. The molecule has 0 N–H and O–H groups in total. The highest BCUT2D eigenvalue weighted by Gasteiger charge is 2.03. The summed E-state index contributed by atoms with van der Waals surface area (Å²) in [6, 6.07) is 9.71. The Kier molecular flexibility index (Phi) is 4.54. The van der Waals surface area contributed by atoms with Crippen molar-refractivity contribution < 1.29 is 13.9 Å². The number of hydrogen-bond acceptors (Lipinski definition) is 2. The fraction of sp³-hybridized carbons (Fsp3) is 0.250. The van der Waals surface area contributed by atoms with Crippen LogP contribution in [0.2, 0.25) is 0 Å². The van der Waals surface area contributed by atoms with Crippen LogP contribution in [0, 0.1) is 0 Å². The maximum absolute atomic E-state index is 11.7. The van der Waals surface area contributed by atoms with E-state index < -0.39 is 12.8 Å². The van der Waals surface area contributed by atoms with Crippen LogP contribution in [0.1, 0.15) is 12.5 Å². The number of halogens is 1. The van der Waals surface area contributed by atoms with Crippen LogP contribution in [0.3, 0.4) is 0 Å². The molecular weight excluding hydrogens is 195 g/mol. The van der Waals surface area contributed by atoms with Crippen molar-refractivity contribution in [3.63, 3.8) is 0 Å². The van der Waals surface area contributed by atoms with Gasteiger partial charge in [0.05, 0.1) is 0 Å². The lowest BCUT2D eigenvalue weighted by Crippen LogP contribution is -2.04. The summed E-state index contributed by atoms with van der Waals surface area (Å²) in [6.07, 6.45) is 2.38. The number of alkyl halides is 1. The van der Waals surface area contributed by atoms with Crippen molar-refractivity contribution >= 4 is 5.97 Å². The van der Waals surface area contributed by atoms with Gasteiger partial charge in [-0.2, -0.15) is 0 Å². The molecule has 15 heavy (non-hydrogen) atoms. The van der Waals surface area contributed by atoms with Crippen LogP contribution >= 0.6 is 0 Å². The van der Waals surface area contributed by atoms with Gasteiger partial charge in [-0.05, 0) is 18.9 Å². The molecule has 0 aromatic heterocycles. The molecule has 0 bridgehead atoms. The third-order valence-corrected chi connectivity index (χ3v) is 1.99. The molecule has 80 valence electrons. The summed E-state index contributed by atoms with van der Waals surface area (Å²) in [5.41, 5.74) is 1.53. The summed E-state index contributed by atoms with van der Waals surface area (Å²) >= 11 is 0. The number of allylic oxidation sites excluding steroid dienone is 1. The zero-order valence-corrected chi connectivity index (χ0v) is 8.57. The second kappa shape index (κ2) is 5.96. The smallest absolute Gasteiger partial charge is 0.335 e. The molecule has 1 aromatic carbocycles. The summed E-state index contributed by atoms with van der Waals surface area (Å²) in [5.74, 6) is -0.603. The molecule has 1 aromatic rings. The molecule has 0 saturated carbocycles. The predicted octanol–water partition coefficient (Wildman–Crippen LogP) is 2.65. The normalized spacial score (nSPS) is 11.2. The van der Waals surface area contributed by atoms with Crippen LogP contribution in [0.15, 0.2) is 42.0 Å². The minimum Gasteiger partial charge on any atom is -0.430 e. The van der Waals surface area contributed by atoms with Gasteiger partial charge in [0, 0.05) is 5.57 Å². The maximum Gasteiger partial charge on any atom is 0.335 e. The molecule has 0 atom stereocenters. The van der Waals surface area contributed by atoms with Crippen molar-refractivity contribution in [1.29, 1.82) is 0 Å². The van der Waals surface area contributed by atoms with Gasteiger partial charge in [0.1, 0.15) is 0 Å². The molecule has 3 heteroatoms. The van der Waals surface area contributed by atoms with Crippen molar-refractivity contribution in [2.45, 2.75) is 13.3 Å². The highest BCUT2D eigenvalue weighted by atomic mass is 19.1. The molecule has 0 aliphatic rings. The molecule has 0 spiro atoms. The van der Waals surface area contributed by atoms with Crippen molar-refractivity contribution in [3.8, 4) is 0 Å². The van der Waals surface area contributed by atoms with Gasteiger partial charge in [-0.25, -0.2) is 9.18 Å². The SMILES string of the molecule is CC(=CCc1ccccc1)C(=O)OCF. The maximum atomic E-state index is 11.7. The third kappa shape index (κ3) is 3.94. The van der Waals surface area contributed by atoms with Crippen molar-refractivity contribution in [3.05, 3.63) is 47.5 Å². The van der Waals surface area contributed by atoms with E-state index in [9.17, 15) is 9.18 Å². The minimum absolute atomic E-state index is 0.427. The van der Waals surface area contributed by atoms with Gasteiger partial charge < -0.3 is 4.74 Å². The highest BCUT2D eigenvalue weighted by Crippen LogP contribution is 2.04. The lowest BCUT2D eigenvalue weighted by molar-refractivity contribution is -0.142. The van der Waals surface area contributed by atoms with E-state index in [1.807, 2.05) is 30.3 Å². The zero-order chi connectivity index (χ0) is 11.1. The molecule has 0 amide bonds. The molecule has 0 radical (unpaired) electrons. The summed E-state index contributed by atoms with van der Waals surface area (Å²) in [7, 11) is 0. The number of carbonyl (C=O) groups is 1. The van der Waals surface area contributed by atoms with E-state index in [0.717, 1.165) is 5.56 Å². The molecule has 0 fully saturated rings. The Labute approximate surface area is 88.4 Å². The predicted molar refractivity (Wildman–Crippen MR) is 56.0 cm³/mol. The molecule has 0 aliphatic heterocycles. The zero-order valence-electron chi connectivity index (χ0n) is 8.57. The summed E-state index contributed by atoms with van der Waals surface area (Å²) in [5, 5.41) is 0. The summed E-state index contributed by atoms with van der Waals surface area (Å²) in [4.78, 5) is 11.0. The first-order chi connectivity index (χ1) is 7.24. The number of ether oxygens (including phenoxy) is 1. The molecule has 1 rings (SSSR count). The van der Waals surface area contributed by atoms with E-state index in [1.54, 1.807) is 13.0 Å². The van der Waals surface area contributed by atoms with E-state index in [0.29, 0.717) is 12.0 Å². The first-order valence-corrected chi connectivity index (χ1v) is 4.68. The second-order valence-corrected chi connectivity index (χ2v) is 3.12. The van der Waals surface area contributed by atoms with Gasteiger partial charge in [0.25, 0.3) is 0 Å². The van der Waals surface area contributed by atoms with Crippen LogP contribution in [0.25, 0.3) is 0 Å². The van der Waals surface area contributed by atoms with Gasteiger partial charge in [0.2, 0.25) is 6.86 Å². The molecule has 0 saturated heterocycles. The Hall–Kier alpha value is -1.64. The highest BCUT2D eigenvalue weighted by molar-refractivity contribution is 5.87. The lowest BCUT2D eigenvalue weighted by atomic mass is 10.1. The van der Waals surface area contributed by atoms with E-state index in [-0.39, 0.29) is 0 Å². The van der Waals surface area contributed by atoms with Crippen LogP contribution in [0.5, 0.6) is 0 Å². The van der Waals surface area contributed by atoms with E-state index in [1.165, 1.54) is 0 Å². The van der Waals surface area contributed by atoms with E-state index in [2.05, 4.69) is 4.74 Å². The monoisotopic (exact) mass is 208 g/mol. The van der Waals surface area contributed by atoms with Crippen LogP contribution in [0.4, 0.5) is 4.39 Å². The van der Waals surface area contributed by atoms with Gasteiger partial charge in [-0.15, -0.1) is 0 Å². The van der Waals surface area contributed by atoms with Gasteiger partial charge >= 0.3 is 5.97 Å². The standard InChI is InChI=1S/C12H13FO2/c1-10(12(14)15-9-13)7-8-11-5-3-2-4-6-11/h2-7H,8-9H2,1H3. The van der Waals surface area contributed by atoms with Crippen molar-refractivity contribution in [2.75, 3.05) is 6.86 Å². The average molecular weight is 208 g/mol. The fourth-order valence-corrected chi connectivity index (χ4v) is 1.13. The second-order valence-electron chi connectivity index (χ2n) is 3.12. The molecule has 2 nitrogen and oxygen atoms in total. The topological polar surface area (TPSA) is 26.3 Å². The molecular formula is C12H13FO2. The first-order valence-electron chi connectivity index (χ1n) is 4.68. The van der Waals surface area contributed by atoms with E-state index in [4.69, 9.17) is 0 Å². The summed E-state index contributed by atoms with van der Waals surface area (Å²) < 4.78 is 15.9. The van der Waals surface area contributed by atoms with Crippen molar-refractivity contribution in [1.82, 2.24) is 0 Å². The quantitative estimate of drug-likeness (QED) is 0.561. The van der Waals surface area contributed by atoms with Crippen molar-refractivity contribution in [2.24, 2.45) is 0 Å². The minimum atomic E-state index is -1.07. The Morgan fingerprint density at radius 1 is 1.40 bits per heavy atom. The van der Waals surface area contributed by atoms with Crippen LogP contribution in [-0.4, -0.2) is 12.8 Å².